The highest BCUT2D eigenvalue weighted by Gasteiger charge is 2.53. The van der Waals surface area contributed by atoms with E-state index >= 15 is 0 Å². The van der Waals surface area contributed by atoms with E-state index in [9.17, 15) is 22.2 Å². The van der Waals surface area contributed by atoms with E-state index in [1.165, 1.54) is 6.92 Å². The molecule has 1 spiro atoms. The molecule has 21 heavy (non-hydrogen) atoms. The summed E-state index contributed by atoms with van der Waals surface area (Å²) in [7, 11) is -1.58. The normalized spacial score (nSPS) is 22.8. The van der Waals surface area contributed by atoms with Crippen molar-refractivity contribution in [2.45, 2.75) is 30.8 Å². The van der Waals surface area contributed by atoms with Crippen LogP contribution in [0.25, 0.3) is 0 Å². The molecule has 1 unspecified atom stereocenters. The van der Waals surface area contributed by atoms with E-state index in [4.69, 9.17) is 0 Å². The Morgan fingerprint density at radius 2 is 1.95 bits per heavy atom. The lowest BCUT2D eigenvalue weighted by atomic mass is 9.64. The molecule has 1 saturated carbocycles. The molecule has 1 atom stereocenters. The van der Waals surface area contributed by atoms with E-state index in [0.717, 1.165) is 6.20 Å². The minimum atomic E-state index is -4.61. The molecule has 0 bridgehead atoms. The molecular formula is C12H12F3N3O2S. The number of aryl methyl sites for hydroxylation is 1. The van der Waals surface area contributed by atoms with Crippen LogP contribution in [0.4, 0.5) is 13.2 Å². The highest BCUT2D eigenvalue weighted by atomic mass is 32.2. The summed E-state index contributed by atoms with van der Waals surface area (Å²) in [6.07, 6.45) is -2.64. The van der Waals surface area contributed by atoms with Crippen LogP contribution in [0.1, 0.15) is 24.4 Å². The molecule has 1 aromatic heterocycles. The first kappa shape index (κ1) is 14.6. The zero-order valence-corrected chi connectivity index (χ0v) is 11.9. The molecule has 1 aliphatic carbocycles. The van der Waals surface area contributed by atoms with Gasteiger partial charge in [-0.1, -0.05) is 0 Å². The fraction of sp³-hybridized carbons (Fsp3) is 0.583. The molecule has 3 rings (SSSR count). The van der Waals surface area contributed by atoms with Gasteiger partial charge in [0.2, 0.25) is 5.82 Å². The van der Waals surface area contributed by atoms with Gasteiger partial charge in [-0.25, -0.2) is 18.5 Å². The molecule has 1 saturated heterocycles. The van der Waals surface area contributed by atoms with Gasteiger partial charge in [0.15, 0.2) is 0 Å². The molecule has 114 valence electrons. The van der Waals surface area contributed by atoms with Gasteiger partial charge in [0.25, 0.3) is 0 Å². The van der Waals surface area contributed by atoms with Crippen LogP contribution in [0.2, 0.25) is 0 Å². The van der Waals surface area contributed by atoms with E-state index in [1.807, 2.05) is 0 Å². The summed E-state index contributed by atoms with van der Waals surface area (Å²) in [5, 5.41) is 0. The van der Waals surface area contributed by atoms with Crippen molar-refractivity contribution in [1.82, 2.24) is 14.3 Å². The van der Waals surface area contributed by atoms with Crippen LogP contribution >= 0.6 is 0 Å². The number of nitrogens with zero attached hydrogens (tertiary/aromatic N) is 3. The van der Waals surface area contributed by atoms with Crippen LogP contribution in [0, 0.1) is 12.3 Å². The van der Waals surface area contributed by atoms with Crippen LogP contribution < -0.4 is 0 Å². The first-order chi connectivity index (χ1) is 9.70. The van der Waals surface area contributed by atoms with E-state index in [0.29, 0.717) is 25.9 Å². The fourth-order valence-corrected chi connectivity index (χ4v) is 4.23. The lowest BCUT2D eigenvalue weighted by molar-refractivity contribution is -0.145. The minimum absolute atomic E-state index is 0.0568. The number of ketones is 1. The molecule has 2 aliphatic rings. The summed E-state index contributed by atoms with van der Waals surface area (Å²) in [5.41, 5.74) is -0.00533. The Labute approximate surface area is 121 Å². The van der Waals surface area contributed by atoms with Gasteiger partial charge in [0.05, 0.1) is 10.6 Å². The molecule has 0 N–H and O–H groups in total. The second-order valence-corrected chi connectivity index (χ2v) is 7.03. The Bertz CT molecular complexity index is 631. The molecule has 1 aromatic rings. The number of aromatic nitrogens is 2. The lowest BCUT2D eigenvalue weighted by Crippen LogP contribution is -2.62. The van der Waals surface area contributed by atoms with Gasteiger partial charge in [-0.05, 0) is 6.92 Å². The smallest absolute Gasteiger partial charge is 0.300 e. The van der Waals surface area contributed by atoms with Crippen molar-refractivity contribution < 1.29 is 22.2 Å². The molecule has 2 fully saturated rings. The topological polar surface area (TPSA) is 63.2 Å². The van der Waals surface area contributed by atoms with Crippen LogP contribution in [0.5, 0.6) is 0 Å². The van der Waals surface area contributed by atoms with Crippen molar-refractivity contribution in [3.05, 3.63) is 17.7 Å². The van der Waals surface area contributed by atoms with Crippen molar-refractivity contribution in [3.63, 3.8) is 0 Å². The number of halogens is 3. The Hall–Kier alpha value is -1.35. The van der Waals surface area contributed by atoms with Gasteiger partial charge in [0, 0.05) is 37.5 Å². The quantitative estimate of drug-likeness (QED) is 0.828. The summed E-state index contributed by atoms with van der Waals surface area (Å²) >= 11 is 0. The van der Waals surface area contributed by atoms with Gasteiger partial charge in [0.1, 0.15) is 16.8 Å². The molecule has 0 aromatic carbocycles. The van der Waals surface area contributed by atoms with Crippen molar-refractivity contribution in [3.8, 4) is 0 Å². The SMILES string of the molecule is Cc1nc(C(F)(F)F)ncc1S(=O)N1CC2(CC(=O)C2)C1. The lowest BCUT2D eigenvalue weighted by Gasteiger charge is -2.53. The summed E-state index contributed by atoms with van der Waals surface area (Å²) in [6, 6.07) is 0. The monoisotopic (exact) mass is 319 g/mol. The number of alkyl halides is 3. The second kappa shape index (κ2) is 4.57. The zero-order chi connectivity index (χ0) is 15.4. The highest BCUT2D eigenvalue weighted by Crippen LogP contribution is 2.47. The molecule has 5 nitrogen and oxygen atoms in total. The first-order valence-electron chi connectivity index (χ1n) is 6.30. The van der Waals surface area contributed by atoms with Crippen LogP contribution in [-0.2, 0) is 22.0 Å². The van der Waals surface area contributed by atoms with E-state index in [2.05, 4.69) is 9.97 Å². The first-order valence-corrected chi connectivity index (χ1v) is 7.40. The van der Waals surface area contributed by atoms with E-state index in [-0.39, 0.29) is 21.8 Å². The summed E-state index contributed by atoms with van der Waals surface area (Å²) in [5.74, 6) is -1.03. The third kappa shape index (κ3) is 2.48. The van der Waals surface area contributed by atoms with Gasteiger partial charge in [-0.2, -0.15) is 13.2 Å². The number of carbonyl (C=O) groups excluding carboxylic acids is 1. The van der Waals surface area contributed by atoms with E-state index in [1.54, 1.807) is 4.31 Å². The Morgan fingerprint density at radius 3 is 2.43 bits per heavy atom. The number of hydrogen-bond acceptors (Lipinski definition) is 4. The minimum Gasteiger partial charge on any atom is -0.300 e. The van der Waals surface area contributed by atoms with Crippen molar-refractivity contribution in [1.29, 1.82) is 0 Å². The molecule has 2 heterocycles. The number of Topliss-reactive ketones (excluding diaryl/α,β-unsaturated/α-hetero) is 1. The van der Waals surface area contributed by atoms with Crippen molar-refractivity contribution in [2.75, 3.05) is 13.1 Å². The summed E-state index contributed by atoms with van der Waals surface area (Å²) in [4.78, 5) is 17.8. The maximum absolute atomic E-state index is 12.5. The van der Waals surface area contributed by atoms with Crippen molar-refractivity contribution >= 4 is 16.8 Å². The largest absolute Gasteiger partial charge is 0.451 e. The van der Waals surface area contributed by atoms with Crippen LogP contribution in [0.15, 0.2) is 11.1 Å². The average molecular weight is 319 g/mol. The van der Waals surface area contributed by atoms with Gasteiger partial charge < -0.3 is 0 Å². The third-order valence-corrected chi connectivity index (χ3v) is 5.28. The van der Waals surface area contributed by atoms with Crippen LogP contribution in [-0.4, -0.2) is 37.4 Å². The number of carbonyl (C=O) groups is 1. The molecule has 9 heteroatoms. The summed E-state index contributed by atoms with van der Waals surface area (Å²) < 4.78 is 51.4. The highest BCUT2D eigenvalue weighted by molar-refractivity contribution is 7.82. The van der Waals surface area contributed by atoms with Gasteiger partial charge in [-0.3, -0.25) is 4.79 Å². The molecule has 1 aliphatic heterocycles. The van der Waals surface area contributed by atoms with Gasteiger partial charge >= 0.3 is 6.18 Å². The number of hydrogen-bond donors (Lipinski definition) is 0. The maximum atomic E-state index is 12.5. The van der Waals surface area contributed by atoms with E-state index < -0.39 is 23.0 Å². The molecule has 0 radical (unpaired) electrons. The predicted octanol–water partition coefficient (Wildman–Crippen LogP) is 1.49. The standard InChI is InChI=1S/C12H12F3N3O2S/c1-7-9(4-16-10(17-7)12(13,14)15)21(20)18-5-11(6-18)2-8(19)3-11/h4H,2-3,5-6H2,1H3. The molecular weight excluding hydrogens is 307 g/mol. The third-order valence-electron chi connectivity index (χ3n) is 3.78. The second-order valence-electron chi connectivity index (χ2n) is 5.58. The zero-order valence-electron chi connectivity index (χ0n) is 11.1. The fourth-order valence-electron chi connectivity index (χ4n) is 2.73. The Morgan fingerprint density at radius 1 is 1.33 bits per heavy atom. The summed E-state index contributed by atoms with van der Waals surface area (Å²) in [6.45, 7) is 2.42. The average Bonchev–Trinajstić information content (AvgIpc) is 2.29. The van der Waals surface area contributed by atoms with Crippen LogP contribution in [0.3, 0.4) is 0 Å². The van der Waals surface area contributed by atoms with Crippen molar-refractivity contribution in [2.24, 2.45) is 5.41 Å². The molecule has 0 amide bonds. The Balaban J connectivity index is 1.73. The Kier molecular flexibility index (Phi) is 3.17. The maximum Gasteiger partial charge on any atom is 0.451 e. The van der Waals surface area contributed by atoms with Gasteiger partial charge in [-0.15, -0.1) is 0 Å². The predicted molar refractivity (Wildman–Crippen MR) is 66.4 cm³/mol. The number of rotatable bonds is 2.